The number of aliphatic hydroxyl groups is 1. The molecule has 2 heterocycles. The van der Waals surface area contributed by atoms with Crippen LogP contribution in [0, 0.1) is 0 Å². The zero-order chi connectivity index (χ0) is 14.8. The summed E-state index contributed by atoms with van der Waals surface area (Å²) in [5, 5.41) is 8.94. The van der Waals surface area contributed by atoms with Crippen LogP contribution in [-0.2, 0) is 23.1 Å². The van der Waals surface area contributed by atoms with Crippen molar-refractivity contribution in [3.05, 3.63) is 37.3 Å². The highest BCUT2D eigenvalue weighted by atomic mass is 79.9. The lowest BCUT2D eigenvalue weighted by atomic mass is 10.3. The number of hydrogen-bond donors (Lipinski definition) is 2. The van der Waals surface area contributed by atoms with Crippen LogP contribution in [0.5, 0.6) is 0 Å². The van der Waals surface area contributed by atoms with Gasteiger partial charge < -0.3 is 9.52 Å². The van der Waals surface area contributed by atoms with E-state index in [2.05, 4.69) is 36.6 Å². The highest BCUT2D eigenvalue weighted by Crippen LogP contribution is 2.26. The van der Waals surface area contributed by atoms with E-state index in [1.165, 1.54) is 6.07 Å². The van der Waals surface area contributed by atoms with Crippen LogP contribution in [0.4, 0.5) is 0 Å². The minimum absolute atomic E-state index is 0.00564. The minimum Gasteiger partial charge on any atom is -0.450 e. The average Bonchev–Trinajstić information content (AvgIpc) is 2.95. The van der Waals surface area contributed by atoms with E-state index in [0.717, 1.165) is 8.66 Å². The van der Waals surface area contributed by atoms with Crippen LogP contribution < -0.4 is 4.72 Å². The molecule has 2 aromatic heterocycles. The van der Waals surface area contributed by atoms with E-state index in [0.29, 0.717) is 13.0 Å². The quantitative estimate of drug-likeness (QED) is 0.717. The normalized spacial score (nSPS) is 11.9. The third-order valence-electron chi connectivity index (χ3n) is 2.44. The second-order valence-electron chi connectivity index (χ2n) is 3.86. The van der Waals surface area contributed by atoms with Gasteiger partial charge in [0, 0.05) is 17.5 Å². The van der Waals surface area contributed by atoms with Crippen LogP contribution in [0.15, 0.2) is 36.0 Å². The van der Waals surface area contributed by atoms with Gasteiger partial charge in [-0.2, -0.15) is 0 Å². The summed E-state index contributed by atoms with van der Waals surface area (Å²) >= 11 is 7.96. The lowest BCUT2D eigenvalue weighted by molar-refractivity contribution is 0.245. The molecule has 0 aliphatic heterocycles. The van der Waals surface area contributed by atoms with Gasteiger partial charge in [0.1, 0.15) is 17.3 Å². The Kier molecular flexibility index (Phi) is 5.43. The van der Waals surface area contributed by atoms with Crippen molar-refractivity contribution in [1.82, 2.24) is 4.72 Å². The lowest BCUT2D eigenvalue weighted by Crippen LogP contribution is -2.25. The van der Waals surface area contributed by atoms with Crippen LogP contribution in [0.2, 0.25) is 0 Å². The van der Waals surface area contributed by atoms with Gasteiger partial charge in [-0.1, -0.05) is 0 Å². The molecular formula is C11H11Br2NO4S2. The molecule has 0 atom stereocenters. The second kappa shape index (κ2) is 6.71. The Morgan fingerprint density at radius 2 is 2.10 bits per heavy atom. The summed E-state index contributed by atoms with van der Waals surface area (Å²) in [6, 6.07) is 5.17. The van der Waals surface area contributed by atoms with Gasteiger partial charge in [0.25, 0.3) is 0 Å². The second-order valence-corrected chi connectivity index (χ2v) is 8.87. The molecule has 20 heavy (non-hydrogen) atoms. The molecule has 2 rings (SSSR count). The first-order chi connectivity index (χ1) is 9.42. The molecule has 0 fully saturated rings. The molecule has 0 aliphatic rings. The zero-order valence-electron chi connectivity index (χ0n) is 10.1. The van der Waals surface area contributed by atoms with E-state index >= 15 is 0 Å². The first kappa shape index (κ1) is 16.2. The van der Waals surface area contributed by atoms with Crippen LogP contribution >= 0.6 is 43.2 Å². The van der Waals surface area contributed by atoms with Gasteiger partial charge in [-0.25, -0.2) is 13.1 Å². The Balaban J connectivity index is 2.01. The van der Waals surface area contributed by atoms with Gasteiger partial charge in [-0.15, -0.1) is 11.3 Å². The Labute approximate surface area is 137 Å². The van der Waals surface area contributed by atoms with E-state index in [1.54, 1.807) is 11.3 Å². The van der Waals surface area contributed by atoms with Crippen molar-refractivity contribution >= 4 is 53.2 Å². The maximum atomic E-state index is 12.1. The summed E-state index contributed by atoms with van der Waals surface area (Å²) in [4.78, 5) is 1.08. The Morgan fingerprint density at radius 3 is 2.65 bits per heavy atom. The van der Waals surface area contributed by atoms with E-state index in [9.17, 15) is 8.42 Å². The Hall–Kier alpha value is -0.190. The molecule has 0 spiro atoms. The van der Waals surface area contributed by atoms with Gasteiger partial charge in [-0.05, 0) is 50.4 Å². The first-order valence-electron chi connectivity index (χ1n) is 5.55. The van der Waals surface area contributed by atoms with Gasteiger partial charge >= 0.3 is 0 Å². The molecule has 9 heteroatoms. The molecule has 2 aromatic rings. The van der Waals surface area contributed by atoms with Crippen molar-refractivity contribution in [3.8, 4) is 0 Å². The molecule has 0 radical (unpaired) electrons. The third kappa shape index (κ3) is 3.92. The molecular weight excluding hydrogens is 434 g/mol. The van der Waals surface area contributed by atoms with E-state index in [-0.39, 0.29) is 21.9 Å². The maximum absolute atomic E-state index is 12.1. The van der Waals surface area contributed by atoms with E-state index in [4.69, 9.17) is 9.52 Å². The fourth-order valence-corrected chi connectivity index (χ4v) is 5.04. The summed E-state index contributed by atoms with van der Waals surface area (Å²) < 4.78 is 32.8. The SMILES string of the molecule is O=S(=O)(NCCc1ccc(Br)s1)c1cc(CO)oc1Br. The minimum atomic E-state index is -3.65. The fourth-order valence-electron chi connectivity index (χ4n) is 1.53. The predicted molar refractivity (Wildman–Crippen MR) is 83.2 cm³/mol. The van der Waals surface area contributed by atoms with Crippen molar-refractivity contribution in [2.24, 2.45) is 0 Å². The molecule has 0 bridgehead atoms. The predicted octanol–water partition coefficient (Wildman–Crippen LogP) is 2.88. The Morgan fingerprint density at radius 1 is 1.35 bits per heavy atom. The van der Waals surface area contributed by atoms with Crippen molar-refractivity contribution in [2.45, 2.75) is 17.9 Å². The molecule has 0 amide bonds. The van der Waals surface area contributed by atoms with Gasteiger partial charge in [0.15, 0.2) is 4.67 Å². The van der Waals surface area contributed by atoms with Gasteiger partial charge in [-0.3, -0.25) is 0 Å². The molecule has 0 saturated heterocycles. The molecule has 0 saturated carbocycles. The first-order valence-corrected chi connectivity index (χ1v) is 9.44. The molecule has 110 valence electrons. The van der Waals surface area contributed by atoms with Crippen LogP contribution in [-0.4, -0.2) is 20.1 Å². The Bertz CT molecular complexity index is 693. The van der Waals surface area contributed by atoms with Crippen molar-refractivity contribution < 1.29 is 17.9 Å². The lowest BCUT2D eigenvalue weighted by Gasteiger charge is -2.03. The van der Waals surface area contributed by atoms with E-state index in [1.807, 2.05) is 12.1 Å². The van der Waals surface area contributed by atoms with Crippen LogP contribution in [0.3, 0.4) is 0 Å². The van der Waals surface area contributed by atoms with Crippen molar-refractivity contribution in [3.63, 3.8) is 0 Å². The molecule has 0 aliphatic carbocycles. The topological polar surface area (TPSA) is 79.5 Å². The number of furan rings is 1. The molecule has 2 N–H and O–H groups in total. The number of halogens is 2. The smallest absolute Gasteiger partial charge is 0.244 e. The summed E-state index contributed by atoms with van der Waals surface area (Å²) in [6.07, 6.45) is 0.609. The summed E-state index contributed by atoms with van der Waals surface area (Å²) in [7, 11) is -3.65. The average molecular weight is 445 g/mol. The van der Waals surface area contributed by atoms with Gasteiger partial charge in [0.05, 0.1) is 3.79 Å². The standard InChI is InChI=1S/C11H11Br2NO4S2/c12-10-2-1-8(19-10)3-4-14-20(16,17)9-5-7(6-15)18-11(9)13/h1-2,5,14-15H,3-4,6H2. The zero-order valence-corrected chi connectivity index (χ0v) is 14.9. The number of nitrogens with one attached hydrogen (secondary N) is 1. The molecule has 5 nitrogen and oxygen atoms in total. The summed E-state index contributed by atoms with van der Waals surface area (Å²) in [5.41, 5.74) is 0. The third-order valence-corrected chi connectivity index (χ3v) is 6.45. The highest BCUT2D eigenvalue weighted by molar-refractivity contribution is 9.11. The number of rotatable bonds is 6. The highest BCUT2D eigenvalue weighted by Gasteiger charge is 2.21. The largest absolute Gasteiger partial charge is 0.450 e. The van der Waals surface area contributed by atoms with Crippen LogP contribution in [0.1, 0.15) is 10.6 Å². The van der Waals surface area contributed by atoms with E-state index < -0.39 is 10.0 Å². The number of thiophene rings is 1. The molecule has 0 aromatic carbocycles. The number of aliphatic hydroxyl groups excluding tert-OH is 1. The number of hydrogen-bond acceptors (Lipinski definition) is 5. The summed E-state index contributed by atoms with van der Waals surface area (Å²) in [6.45, 7) is -0.0568. The number of sulfonamides is 1. The van der Waals surface area contributed by atoms with Crippen molar-refractivity contribution in [2.75, 3.05) is 6.54 Å². The fraction of sp³-hybridized carbons (Fsp3) is 0.273. The summed E-state index contributed by atoms with van der Waals surface area (Å²) in [5.74, 6) is 0.194. The van der Waals surface area contributed by atoms with Crippen molar-refractivity contribution in [1.29, 1.82) is 0 Å². The molecule has 0 unspecified atom stereocenters. The monoisotopic (exact) mass is 443 g/mol. The van der Waals surface area contributed by atoms with Crippen LogP contribution in [0.25, 0.3) is 0 Å². The van der Waals surface area contributed by atoms with Gasteiger partial charge in [0.2, 0.25) is 10.0 Å². The maximum Gasteiger partial charge on any atom is 0.244 e.